The Morgan fingerprint density at radius 2 is 1.02 bits per heavy atom. The van der Waals surface area contributed by atoms with E-state index in [1.165, 1.54) is 76.7 Å². The summed E-state index contributed by atoms with van der Waals surface area (Å²) in [7, 11) is 0. The molecule has 12 aromatic rings. The molecule has 0 radical (unpaired) electrons. The lowest BCUT2D eigenvalue weighted by atomic mass is 9.68. The first kappa shape index (κ1) is 34.1. The number of nitrogens with zero attached hydrogens (tertiary/aromatic N) is 4. The first-order valence-corrected chi connectivity index (χ1v) is 21.1. The van der Waals surface area contributed by atoms with Crippen LogP contribution < -0.4 is 0 Å². The van der Waals surface area contributed by atoms with Gasteiger partial charge in [0.2, 0.25) is 5.95 Å². The van der Waals surface area contributed by atoms with E-state index >= 15 is 0 Å². The first-order chi connectivity index (χ1) is 30.0. The van der Waals surface area contributed by atoms with Crippen LogP contribution in [0.25, 0.3) is 110 Å². The molecule has 286 valence electrons. The monoisotopic (exact) mass is 778 g/mol. The number of aromatic nitrogens is 4. The summed E-state index contributed by atoms with van der Waals surface area (Å²) in [6, 6.07) is 70.6. The number of fused-ring (bicyclic) bond motifs is 9. The van der Waals surface area contributed by atoms with Crippen molar-refractivity contribution in [2.45, 2.75) is 19.3 Å². The lowest BCUT2D eigenvalue weighted by molar-refractivity contribution is 0.646. The van der Waals surface area contributed by atoms with Gasteiger partial charge in [0.1, 0.15) is 0 Å². The van der Waals surface area contributed by atoms with E-state index in [1.807, 2.05) is 0 Å². The van der Waals surface area contributed by atoms with Crippen molar-refractivity contribution in [1.29, 1.82) is 0 Å². The molecule has 3 aromatic heterocycles. The standard InChI is InChI=1S/C57H38N4/c1-57(2)47-24-14-18-35-17-13-23-41(54(35)47)43-33-46-45-32-38(37-27-29-51-44(31-37)40-21-10-12-26-50(40)60(51)39-19-7-4-8-20-39)28-30-52(45)61(53(46)34-48(43)57)56-58-49-25-11-9-22-42(49)55(59-56)36-15-5-3-6-16-36/h3-34H,1-2H3. The van der Waals surface area contributed by atoms with Crippen LogP contribution >= 0.6 is 0 Å². The van der Waals surface area contributed by atoms with Crippen molar-refractivity contribution in [3.63, 3.8) is 0 Å². The molecule has 0 saturated heterocycles. The fraction of sp³-hybridized carbons (Fsp3) is 0.0526. The van der Waals surface area contributed by atoms with Gasteiger partial charge in [-0.15, -0.1) is 0 Å². The molecule has 1 aliphatic rings. The molecule has 61 heavy (non-hydrogen) atoms. The van der Waals surface area contributed by atoms with Crippen LogP contribution in [0.3, 0.4) is 0 Å². The Hall–Kier alpha value is -7.82. The van der Waals surface area contributed by atoms with Gasteiger partial charge < -0.3 is 4.57 Å². The maximum Gasteiger partial charge on any atom is 0.235 e. The van der Waals surface area contributed by atoms with Crippen LogP contribution in [0.2, 0.25) is 0 Å². The Bertz CT molecular complexity index is 3770. The number of hydrogen-bond acceptors (Lipinski definition) is 2. The Morgan fingerprint density at radius 3 is 1.80 bits per heavy atom. The number of rotatable bonds is 4. The summed E-state index contributed by atoms with van der Waals surface area (Å²) >= 11 is 0. The number of para-hydroxylation sites is 3. The molecule has 0 fully saturated rings. The Morgan fingerprint density at radius 1 is 0.393 bits per heavy atom. The normalized spacial score (nSPS) is 13.2. The van der Waals surface area contributed by atoms with Crippen LogP contribution in [0.15, 0.2) is 194 Å². The molecule has 9 aromatic carbocycles. The predicted molar refractivity (Wildman–Crippen MR) is 254 cm³/mol. The van der Waals surface area contributed by atoms with Gasteiger partial charge in [-0.2, -0.15) is 0 Å². The van der Waals surface area contributed by atoms with E-state index in [4.69, 9.17) is 9.97 Å². The summed E-state index contributed by atoms with van der Waals surface area (Å²) in [5.74, 6) is 0.663. The van der Waals surface area contributed by atoms with E-state index in [-0.39, 0.29) is 5.41 Å². The summed E-state index contributed by atoms with van der Waals surface area (Å²) in [6.07, 6.45) is 0. The highest BCUT2D eigenvalue weighted by Crippen LogP contribution is 2.51. The van der Waals surface area contributed by atoms with E-state index in [0.29, 0.717) is 5.95 Å². The van der Waals surface area contributed by atoms with Gasteiger partial charge in [-0.05, 0) is 105 Å². The largest absolute Gasteiger partial charge is 0.309 e. The number of hydrogen-bond donors (Lipinski definition) is 0. The third kappa shape index (κ3) is 4.87. The first-order valence-electron chi connectivity index (χ1n) is 21.1. The lowest BCUT2D eigenvalue weighted by Crippen LogP contribution is -2.23. The molecule has 0 bridgehead atoms. The summed E-state index contributed by atoms with van der Waals surface area (Å²) in [6.45, 7) is 4.75. The van der Waals surface area contributed by atoms with Gasteiger partial charge in [0, 0.05) is 43.6 Å². The van der Waals surface area contributed by atoms with Gasteiger partial charge in [-0.25, -0.2) is 9.97 Å². The second-order valence-electron chi connectivity index (χ2n) is 17.0. The SMILES string of the molecule is CC1(C)c2cc3c(cc2-c2cccc4cccc1c24)c1cc(-c2ccc4c(c2)c2ccccc2n4-c2ccccc2)ccc1n3-c1nc(-c2ccccc2)c2ccccc2n1. The van der Waals surface area contributed by atoms with E-state index < -0.39 is 0 Å². The van der Waals surface area contributed by atoms with E-state index in [2.05, 4.69) is 217 Å². The maximum atomic E-state index is 5.45. The van der Waals surface area contributed by atoms with Crippen LogP contribution in [0.5, 0.6) is 0 Å². The third-order valence-corrected chi connectivity index (χ3v) is 13.3. The van der Waals surface area contributed by atoms with Gasteiger partial charge in [0.25, 0.3) is 0 Å². The van der Waals surface area contributed by atoms with E-state index in [1.54, 1.807) is 0 Å². The van der Waals surface area contributed by atoms with Crippen molar-refractivity contribution in [3.8, 4) is 45.1 Å². The molecule has 13 rings (SSSR count). The molecule has 0 saturated carbocycles. The molecule has 4 nitrogen and oxygen atoms in total. The molecule has 3 heterocycles. The second-order valence-corrected chi connectivity index (χ2v) is 17.0. The van der Waals surface area contributed by atoms with Crippen molar-refractivity contribution in [2.24, 2.45) is 0 Å². The molecule has 0 unspecified atom stereocenters. The summed E-state index contributed by atoms with van der Waals surface area (Å²) in [4.78, 5) is 10.8. The van der Waals surface area contributed by atoms with Gasteiger partial charge >= 0.3 is 0 Å². The van der Waals surface area contributed by atoms with Crippen LogP contribution in [0, 0.1) is 0 Å². The zero-order valence-electron chi connectivity index (χ0n) is 33.8. The maximum absolute atomic E-state index is 5.45. The average Bonchev–Trinajstić information content (AvgIpc) is 3.82. The van der Waals surface area contributed by atoms with Crippen molar-refractivity contribution in [2.75, 3.05) is 0 Å². The predicted octanol–water partition coefficient (Wildman–Crippen LogP) is 14.6. The van der Waals surface area contributed by atoms with E-state index in [0.717, 1.165) is 38.9 Å². The highest BCUT2D eigenvalue weighted by atomic mass is 15.2. The summed E-state index contributed by atoms with van der Waals surface area (Å²) in [5, 5.41) is 8.49. The summed E-state index contributed by atoms with van der Waals surface area (Å²) < 4.78 is 4.68. The second kappa shape index (κ2) is 12.6. The molecule has 4 heteroatoms. The molecule has 0 atom stereocenters. The Labute approximate surface area is 352 Å². The van der Waals surface area contributed by atoms with Crippen LogP contribution in [0.4, 0.5) is 0 Å². The highest BCUT2D eigenvalue weighted by molar-refractivity contribution is 6.15. The van der Waals surface area contributed by atoms with Crippen LogP contribution in [0.1, 0.15) is 25.0 Å². The molecule has 0 amide bonds. The van der Waals surface area contributed by atoms with Gasteiger partial charge in [-0.1, -0.05) is 147 Å². The number of benzene rings is 9. The molecular formula is C57H38N4. The minimum absolute atomic E-state index is 0.238. The molecule has 0 spiro atoms. The topological polar surface area (TPSA) is 35.6 Å². The average molecular weight is 779 g/mol. The smallest absolute Gasteiger partial charge is 0.235 e. The van der Waals surface area contributed by atoms with Crippen LogP contribution in [-0.2, 0) is 5.41 Å². The quantitative estimate of drug-likeness (QED) is 0.178. The Balaban J connectivity index is 1.10. The summed E-state index contributed by atoms with van der Waals surface area (Å²) in [5.41, 5.74) is 16.0. The molecule has 1 aliphatic carbocycles. The molecule has 0 N–H and O–H groups in total. The third-order valence-electron chi connectivity index (χ3n) is 13.3. The van der Waals surface area contributed by atoms with Crippen molar-refractivity contribution < 1.29 is 0 Å². The van der Waals surface area contributed by atoms with Crippen molar-refractivity contribution in [3.05, 3.63) is 205 Å². The molecular weight excluding hydrogens is 741 g/mol. The van der Waals surface area contributed by atoms with Gasteiger partial charge in [0.15, 0.2) is 0 Å². The highest BCUT2D eigenvalue weighted by Gasteiger charge is 2.34. The zero-order valence-corrected chi connectivity index (χ0v) is 33.8. The minimum Gasteiger partial charge on any atom is -0.309 e. The van der Waals surface area contributed by atoms with Crippen LogP contribution in [-0.4, -0.2) is 19.1 Å². The minimum atomic E-state index is -0.238. The van der Waals surface area contributed by atoms with Gasteiger partial charge in [-0.3, -0.25) is 4.57 Å². The Kier molecular flexibility index (Phi) is 7.04. The van der Waals surface area contributed by atoms with E-state index in [9.17, 15) is 0 Å². The molecule has 0 aliphatic heterocycles. The zero-order chi connectivity index (χ0) is 40.4. The fourth-order valence-corrected chi connectivity index (χ4v) is 10.4. The lowest BCUT2D eigenvalue weighted by Gasteiger charge is -2.35. The van der Waals surface area contributed by atoms with Crippen molar-refractivity contribution >= 4 is 65.3 Å². The van der Waals surface area contributed by atoms with Crippen molar-refractivity contribution in [1.82, 2.24) is 19.1 Å². The fourth-order valence-electron chi connectivity index (χ4n) is 10.4. The van der Waals surface area contributed by atoms with Gasteiger partial charge in [0.05, 0.1) is 33.3 Å².